The molecule has 1 saturated carbocycles. The maximum Gasteiger partial charge on any atom is 0.143 e. The van der Waals surface area contributed by atoms with Crippen molar-refractivity contribution in [1.82, 2.24) is 4.90 Å². The van der Waals surface area contributed by atoms with E-state index in [9.17, 15) is 9.18 Å². The van der Waals surface area contributed by atoms with E-state index in [4.69, 9.17) is 5.26 Å². The molecule has 1 aromatic rings. The summed E-state index contributed by atoms with van der Waals surface area (Å²) in [6.07, 6.45) is 7.17. The van der Waals surface area contributed by atoms with Crippen LogP contribution in [0.25, 0.3) is 0 Å². The van der Waals surface area contributed by atoms with Gasteiger partial charge in [0.1, 0.15) is 11.6 Å². The van der Waals surface area contributed by atoms with Crippen molar-refractivity contribution in [2.75, 3.05) is 37.6 Å². The number of nitrogens with zero attached hydrogens (tertiary/aromatic N) is 3. The summed E-state index contributed by atoms with van der Waals surface area (Å²) >= 11 is 0. The lowest BCUT2D eigenvalue weighted by Gasteiger charge is -2.37. The van der Waals surface area contributed by atoms with E-state index in [0.717, 1.165) is 43.6 Å². The number of ketones is 1. The number of piperazine rings is 1. The molecule has 0 unspecified atom stereocenters. The molecule has 0 bridgehead atoms. The van der Waals surface area contributed by atoms with Crippen LogP contribution in [-0.2, 0) is 4.79 Å². The first-order chi connectivity index (χ1) is 13.9. The first-order valence-electron chi connectivity index (χ1n) is 11.0. The molecule has 1 aliphatic carbocycles. The van der Waals surface area contributed by atoms with Crippen LogP contribution < -0.4 is 4.90 Å². The van der Waals surface area contributed by atoms with Crippen LogP contribution in [0.4, 0.5) is 10.1 Å². The normalized spacial score (nSPS) is 22.4. The van der Waals surface area contributed by atoms with Gasteiger partial charge in [-0.15, -0.1) is 0 Å². The van der Waals surface area contributed by atoms with Crippen molar-refractivity contribution >= 4 is 11.5 Å². The molecule has 2 aliphatic rings. The van der Waals surface area contributed by atoms with Crippen molar-refractivity contribution in [1.29, 1.82) is 5.26 Å². The highest BCUT2D eigenvalue weighted by atomic mass is 19.1. The van der Waals surface area contributed by atoms with E-state index in [-0.39, 0.29) is 18.0 Å². The van der Waals surface area contributed by atoms with Crippen molar-refractivity contribution in [2.24, 2.45) is 11.8 Å². The number of rotatable bonds is 5. The summed E-state index contributed by atoms with van der Waals surface area (Å²) in [7, 11) is 0. The second-order valence-corrected chi connectivity index (χ2v) is 8.71. The van der Waals surface area contributed by atoms with Crippen LogP contribution in [0.3, 0.4) is 0 Å². The molecular formula is C24H36FN3O. The summed E-state index contributed by atoms with van der Waals surface area (Å²) in [5.41, 5.74) is 1.92. The highest BCUT2D eigenvalue weighted by Gasteiger charge is 2.21. The van der Waals surface area contributed by atoms with E-state index in [2.05, 4.69) is 16.7 Å². The monoisotopic (exact) mass is 401 g/mol. The summed E-state index contributed by atoms with van der Waals surface area (Å²) in [6.45, 7) is 11.3. The number of nitriles is 1. The molecule has 0 amide bonds. The molecule has 0 spiro atoms. The average Bonchev–Trinajstić information content (AvgIpc) is 2.70. The Morgan fingerprint density at radius 3 is 2.34 bits per heavy atom. The minimum Gasteiger partial charge on any atom is -0.369 e. The Labute approximate surface area is 175 Å². The number of halogens is 1. The predicted molar refractivity (Wildman–Crippen MR) is 116 cm³/mol. The van der Waals surface area contributed by atoms with Gasteiger partial charge in [-0.3, -0.25) is 9.69 Å². The van der Waals surface area contributed by atoms with E-state index in [0.29, 0.717) is 0 Å². The van der Waals surface area contributed by atoms with Crippen LogP contribution in [0, 0.1) is 35.9 Å². The molecule has 0 radical (unpaired) electrons. The highest BCUT2D eigenvalue weighted by molar-refractivity contribution is 5.77. The van der Waals surface area contributed by atoms with E-state index >= 15 is 0 Å². The number of hydrogen-bond donors (Lipinski definition) is 0. The first-order valence-corrected chi connectivity index (χ1v) is 11.0. The lowest BCUT2D eigenvalue weighted by atomic mass is 9.81. The third-order valence-electron chi connectivity index (χ3n) is 6.20. The van der Waals surface area contributed by atoms with Gasteiger partial charge in [0, 0.05) is 31.9 Å². The molecule has 4 nitrogen and oxygen atoms in total. The molecular weight excluding hydrogens is 365 g/mol. The zero-order valence-corrected chi connectivity index (χ0v) is 18.3. The molecule has 1 heterocycles. The molecule has 1 aromatic carbocycles. The van der Waals surface area contributed by atoms with Crippen LogP contribution in [-0.4, -0.2) is 43.4 Å². The SMILES string of the molecule is CC(=O)CC#N.Cc1cc(N2CCN(CCC3CCC(C)CC3)CC2)ccc1F. The fourth-order valence-electron chi connectivity index (χ4n) is 4.15. The van der Waals surface area contributed by atoms with Crippen molar-refractivity contribution in [2.45, 2.75) is 59.3 Å². The summed E-state index contributed by atoms with van der Waals surface area (Å²) < 4.78 is 13.4. The fraction of sp³-hybridized carbons (Fsp3) is 0.667. The number of anilines is 1. The van der Waals surface area contributed by atoms with Gasteiger partial charge in [-0.05, 0) is 62.4 Å². The Kier molecular flexibility index (Phi) is 9.60. The van der Waals surface area contributed by atoms with Crippen LogP contribution in [0.1, 0.15) is 57.9 Å². The van der Waals surface area contributed by atoms with Gasteiger partial charge >= 0.3 is 0 Å². The van der Waals surface area contributed by atoms with Gasteiger partial charge in [-0.1, -0.05) is 32.6 Å². The number of aryl methyl sites for hydroxylation is 1. The first kappa shape index (κ1) is 23.3. The van der Waals surface area contributed by atoms with Crippen LogP contribution in [0.2, 0.25) is 0 Å². The lowest BCUT2D eigenvalue weighted by Crippen LogP contribution is -2.47. The van der Waals surface area contributed by atoms with Crippen molar-refractivity contribution < 1.29 is 9.18 Å². The number of hydrogen-bond acceptors (Lipinski definition) is 4. The molecule has 5 heteroatoms. The maximum absolute atomic E-state index is 13.4. The predicted octanol–water partition coefficient (Wildman–Crippen LogP) is 4.96. The van der Waals surface area contributed by atoms with E-state index in [1.165, 1.54) is 51.3 Å². The van der Waals surface area contributed by atoms with Crippen molar-refractivity contribution in [3.8, 4) is 6.07 Å². The molecule has 1 saturated heterocycles. The topological polar surface area (TPSA) is 47.3 Å². The van der Waals surface area contributed by atoms with Crippen molar-refractivity contribution in [3.63, 3.8) is 0 Å². The van der Waals surface area contributed by atoms with Gasteiger partial charge in [0.25, 0.3) is 0 Å². The number of carbonyl (C=O) groups is 1. The second kappa shape index (κ2) is 11.9. The van der Waals surface area contributed by atoms with Gasteiger partial charge in [-0.25, -0.2) is 4.39 Å². The Morgan fingerprint density at radius 2 is 1.83 bits per heavy atom. The Morgan fingerprint density at radius 1 is 1.17 bits per heavy atom. The van der Waals surface area contributed by atoms with E-state index in [1.54, 1.807) is 12.1 Å². The van der Waals surface area contributed by atoms with Gasteiger partial charge in [0.2, 0.25) is 0 Å². The number of benzene rings is 1. The largest absolute Gasteiger partial charge is 0.369 e. The molecule has 0 N–H and O–H groups in total. The number of Topliss-reactive ketones (excluding diaryl/α,β-unsaturated/α-hetero) is 1. The van der Waals surface area contributed by atoms with Gasteiger partial charge < -0.3 is 4.90 Å². The van der Waals surface area contributed by atoms with Crippen molar-refractivity contribution in [3.05, 3.63) is 29.6 Å². The van der Waals surface area contributed by atoms with Gasteiger partial charge in [0.15, 0.2) is 0 Å². The van der Waals surface area contributed by atoms with Crippen LogP contribution in [0.5, 0.6) is 0 Å². The molecule has 0 aromatic heterocycles. The minimum absolute atomic E-state index is 0.0417. The molecule has 0 atom stereocenters. The highest BCUT2D eigenvalue weighted by Crippen LogP contribution is 2.30. The third kappa shape index (κ3) is 8.14. The van der Waals surface area contributed by atoms with E-state index in [1.807, 2.05) is 19.1 Å². The number of carbonyl (C=O) groups excluding carboxylic acids is 1. The third-order valence-corrected chi connectivity index (χ3v) is 6.20. The molecule has 1 aliphatic heterocycles. The molecule has 29 heavy (non-hydrogen) atoms. The van der Waals surface area contributed by atoms with E-state index < -0.39 is 0 Å². The summed E-state index contributed by atoms with van der Waals surface area (Å²) in [6, 6.07) is 7.21. The fourth-order valence-corrected chi connectivity index (χ4v) is 4.15. The minimum atomic E-state index is -0.103. The summed E-state index contributed by atoms with van der Waals surface area (Å²) in [5, 5.41) is 7.77. The molecule has 3 rings (SSSR count). The van der Waals surface area contributed by atoms with Crippen LogP contribution in [0.15, 0.2) is 18.2 Å². The molecule has 2 fully saturated rings. The Bertz CT molecular complexity index is 684. The standard InChI is InChI=1S/C20H31FN2.C4H5NO/c1-16-3-5-18(6-4-16)9-10-22-11-13-23(14-12-22)19-7-8-20(21)17(2)15-19;1-4(6)2-3-5/h7-8,15-16,18H,3-6,9-14H2,1-2H3;2H2,1H3. The summed E-state index contributed by atoms with van der Waals surface area (Å²) in [4.78, 5) is 14.8. The Balaban J connectivity index is 0.000000438. The Hall–Kier alpha value is -1.93. The van der Waals surface area contributed by atoms with Gasteiger partial charge in [0.05, 0.1) is 12.5 Å². The zero-order chi connectivity index (χ0) is 21.2. The maximum atomic E-state index is 13.4. The zero-order valence-electron chi connectivity index (χ0n) is 18.3. The second-order valence-electron chi connectivity index (χ2n) is 8.71. The smallest absolute Gasteiger partial charge is 0.143 e. The van der Waals surface area contributed by atoms with Crippen LogP contribution >= 0.6 is 0 Å². The quantitative estimate of drug-likeness (QED) is 0.699. The average molecular weight is 402 g/mol. The lowest BCUT2D eigenvalue weighted by molar-refractivity contribution is -0.116. The summed E-state index contributed by atoms with van der Waals surface area (Å²) in [5.74, 6) is 1.74. The molecule has 160 valence electrons. The van der Waals surface area contributed by atoms with Gasteiger partial charge in [-0.2, -0.15) is 5.26 Å².